The molecule has 0 saturated carbocycles. The maximum Gasteiger partial charge on any atom is 0.472 e. The van der Waals surface area contributed by atoms with E-state index >= 15 is 0 Å². The summed E-state index contributed by atoms with van der Waals surface area (Å²) in [5.74, 6) is -1.69. The van der Waals surface area contributed by atoms with Crippen molar-refractivity contribution in [3.8, 4) is 0 Å². The zero-order valence-corrected chi connectivity index (χ0v) is 68.3. The second-order valence-electron chi connectivity index (χ2n) is 26.8. The molecule has 0 aromatic carbocycles. The Hall–Kier alpha value is -5.35. The van der Waals surface area contributed by atoms with Crippen LogP contribution in [-0.4, -0.2) is 95.9 Å². The van der Waals surface area contributed by atoms with Crippen molar-refractivity contribution in [2.24, 2.45) is 0 Å². The zero-order valence-electron chi connectivity index (χ0n) is 66.5. The normalized spacial score (nSPS) is 14.9. The molecule has 0 fully saturated rings. The lowest BCUT2D eigenvalue weighted by molar-refractivity contribution is -0.161. The molecule has 0 aromatic heterocycles. The third-order valence-electron chi connectivity index (χ3n) is 16.6. The van der Waals surface area contributed by atoms with Gasteiger partial charge in [0.25, 0.3) is 0 Å². The molecule has 0 aliphatic rings. The predicted octanol–water partition coefficient (Wildman–Crippen LogP) is 24.5. The van der Waals surface area contributed by atoms with E-state index in [0.29, 0.717) is 25.7 Å². The molecule has 0 aliphatic carbocycles. The number of phosphoric acid groups is 2. The summed E-state index contributed by atoms with van der Waals surface area (Å²) in [5, 5.41) is 20.7. The molecular formula is C89H146O16P2. The highest BCUT2D eigenvalue weighted by Crippen LogP contribution is 2.45. The third kappa shape index (κ3) is 81.5. The number of ether oxygens (including phenoxy) is 3. The summed E-state index contributed by atoms with van der Waals surface area (Å²) in [4.78, 5) is 58.6. The van der Waals surface area contributed by atoms with E-state index in [9.17, 15) is 43.5 Å². The first-order valence-electron chi connectivity index (χ1n) is 41.1. The monoisotopic (exact) mass is 1530 g/mol. The first-order chi connectivity index (χ1) is 52.2. The van der Waals surface area contributed by atoms with Gasteiger partial charge in [-0.1, -0.05) is 325 Å². The Labute approximate surface area is 649 Å². The number of hydrogen-bond acceptors (Lipinski definition) is 14. The molecule has 4 N–H and O–H groups in total. The molecule has 0 aliphatic heterocycles. The fraction of sp³-hybridized carbons (Fsp3) is 0.629. The maximum atomic E-state index is 13.0. The summed E-state index contributed by atoms with van der Waals surface area (Å²) in [7, 11) is -9.83. The lowest BCUT2D eigenvalue weighted by atomic mass is 10.0. The number of esters is 3. The van der Waals surface area contributed by atoms with Crippen LogP contribution in [0.2, 0.25) is 0 Å². The molecule has 0 rings (SSSR count). The van der Waals surface area contributed by atoms with Gasteiger partial charge in [-0.05, 0) is 141 Å². The Bertz CT molecular complexity index is 2670. The molecular weight excluding hydrogens is 1390 g/mol. The summed E-state index contributed by atoms with van der Waals surface area (Å²) < 4.78 is 61.1. The van der Waals surface area contributed by atoms with Crippen LogP contribution in [-0.2, 0) is 55.8 Å². The van der Waals surface area contributed by atoms with Crippen molar-refractivity contribution in [3.05, 3.63) is 182 Å². The second kappa shape index (κ2) is 80.2. The molecule has 0 spiro atoms. The molecule has 18 heteroatoms. The molecule has 0 bridgehead atoms. The van der Waals surface area contributed by atoms with Gasteiger partial charge in [-0.15, -0.1) is 0 Å². The average molecular weight is 1530 g/mol. The minimum Gasteiger partial charge on any atom is -0.463 e. The molecule has 0 amide bonds. The second-order valence-corrected chi connectivity index (χ2v) is 29.7. The molecule has 608 valence electrons. The van der Waals surface area contributed by atoms with Gasteiger partial charge in [-0.2, -0.15) is 0 Å². The topological polar surface area (TPSA) is 231 Å². The van der Waals surface area contributed by atoms with Crippen LogP contribution in [0.25, 0.3) is 0 Å². The molecule has 0 saturated heterocycles. The molecule has 5 unspecified atom stereocenters. The van der Waals surface area contributed by atoms with Gasteiger partial charge in [0.2, 0.25) is 0 Å². The number of carbonyl (C=O) groups excluding carboxylic acids is 3. The van der Waals surface area contributed by atoms with Crippen LogP contribution in [0, 0.1) is 0 Å². The number of rotatable bonds is 76. The maximum absolute atomic E-state index is 13.0. The summed E-state index contributed by atoms with van der Waals surface area (Å²) in [5.41, 5.74) is 0. The van der Waals surface area contributed by atoms with Crippen LogP contribution < -0.4 is 0 Å². The largest absolute Gasteiger partial charge is 0.472 e. The van der Waals surface area contributed by atoms with Gasteiger partial charge in [0.15, 0.2) is 6.10 Å². The Morgan fingerprint density at radius 2 is 0.486 bits per heavy atom. The van der Waals surface area contributed by atoms with Crippen LogP contribution in [0.5, 0.6) is 0 Å². The first-order valence-corrected chi connectivity index (χ1v) is 44.1. The van der Waals surface area contributed by atoms with Crippen molar-refractivity contribution in [1.29, 1.82) is 0 Å². The van der Waals surface area contributed by atoms with Crippen LogP contribution in [0.15, 0.2) is 182 Å². The Balaban J connectivity index is 4.50. The number of hydrogen-bond donors (Lipinski definition) is 4. The number of phosphoric ester groups is 2. The van der Waals surface area contributed by atoms with E-state index in [1.54, 1.807) is 0 Å². The van der Waals surface area contributed by atoms with Crippen LogP contribution >= 0.6 is 15.6 Å². The molecule has 0 heterocycles. The zero-order chi connectivity index (χ0) is 78.0. The fourth-order valence-corrected chi connectivity index (χ4v) is 12.1. The SMILES string of the molecule is CC/C=C\C/C=C\C/C=C\C/C=C\C/C=C\C/C=C\CCCCCCCCCCCCCCCCCCC(=O)OCC(O)COP(=O)(O)OCC(O)COP(=O)(O)OCC(COC(=O)CC/C=C\C/C=C\C/C=C\C/C=C\C/C=C\C/C=C\CC)OC(=O)CCCCCCCCC/C=C\C/C=C\C/C=C\CC. The minimum absolute atomic E-state index is 0.0375. The van der Waals surface area contributed by atoms with Crippen molar-refractivity contribution in [2.75, 3.05) is 39.6 Å². The lowest BCUT2D eigenvalue weighted by Crippen LogP contribution is -2.30. The Morgan fingerprint density at radius 3 is 0.794 bits per heavy atom. The lowest BCUT2D eigenvalue weighted by Gasteiger charge is -2.21. The number of aliphatic hydroxyl groups is 2. The van der Waals surface area contributed by atoms with E-state index in [-0.39, 0.29) is 19.3 Å². The number of allylic oxidation sites excluding steroid dienone is 30. The van der Waals surface area contributed by atoms with Crippen molar-refractivity contribution in [3.63, 3.8) is 0 Å². The van der Waals surface area contributed by atoms with E-state index in [1.807, 2.05) is 18.2 Å². The molecule has 0 radical (unpaired) electrons. The number of unbranched alkanes of at least 4 members (excludes halogenated alkanes) is 23. The van der Waals surface area contributed by atoms with E-state index in [2.05, 4.69) is 185 Å². The average Bonchev–Trinajstić information content (AvgIpc) is 0.907. The van der Waals surface area contributed by atoms with E-state index in [4.69, 9.17) is 32.3 Å². The Morgan fingerprint density at radius 1 is 0.262 bits per heavy atom. The van der Waals surface area contributed by atoms with Gasteiger partial charge in [0.05, 0.1) is 26.4 Å². The van der Waals surface area contributed by atoms with Crippen molar-refractivity contribution < 1.29 is 75.8 Å². The van der Waals surface area contributed by atoms with Crippen molar-refractivity contribution in [2.45, 2.75) is 322 Å². The molecule has 0 aromatic rings. The fourth-order valence-electron chi connectivity index (χ4n) is 10.5. The smallest absolute Gasteiger partial charge is 0.463 e. The van der Waals surface area contributed by atoms with Gasteiger partial charge in [0, 0.05) is 19.3 Å². The summed E-state index contributed by atoms with van der Waals surface area (Å²) in [6.07, 6.45) is 104. The van der Waals surface area contributed by atoms with Gasteiger partial charge >= 0.3 is 33.6 Å². The highest BCUT2D eigenvalue weighted by atomic mass is 31.2. The molecule has 107 heavy (non-hydrogen) atoms. The highest BCUT2D eigenvalue weighted by molar-refractivity contribution is 7.47. The summed E-state index contributed by atoms with van der Waals surface area (Å²) in [6.45, 7) is 2.24. The van der Waals surface area contributed by atoms with E-state index < -0.39 is 91.5 Å². The third-order valence-corrected chi connectivity index (χ3v) is 18.5. The van der Waals surface area contributed by atoms with Crippen molar-refractivity contribution in [1.82, 2.24) is 0 Å². The predicted molar refractivity (Wildman–Crippen MR) is 445 cm³/mol. The number of carbonyl (C=O) groups is 3. The molecule has 16 nitrogen and oxygen atoms in total. The minimum atomic E-state index is -4.96. The van der Waals surface area contributed by atoms with Crippen LogP contribution in [0.1, 0.15) is 303 Å². The van der Waals surface area contributed by atoms with E-state index in [1.165, 1.54) is 83.5 Å². The van der Waals surface area contributed by atoms with Gasteiger partial charge in [-0.3, -0.25) is 32.5 Å². The van der Waals surface area contributed by atoms with Gasteiger partial charge in [0.1, 0.15) is 25.4 Å². The summed E-state index contributed by atoms with van der Waals surface area (Å²) >= 11 is 0. The van der Waals surface area contributed by atoms with Crippen LogP contribution in [0.3, 0.4) is 0 Å². The quantitative estimate of drug-likeness (QED) is 0.0146. The van der Waals surface area contributed by atoms with Crippen LogP contribution in [0.4, 0.5) is 0 Å². The van der Waals surface area contributed by atoms with E-state index in [0.717, 1.165) is 154 Å². The first kappa shape index (κ1) is 102. The standard InChI is InChI=1S/C89H146O16P2/c1-4-7-10-13-16-19-22-25-28-31-33-34-35-36-37-38-39-40-41-42-43-44-45-46-47-48-50-53-54-57-60-63-66-69-72-75-87(92)99-78-84(90)79-101-106(95,96)102-80-85(91)81-103-107(97,98)104-83-86(105-89(94)77-74-71-68-65-62-59-56-51-30-27-24-21-18-15-12-9-6-3)82-100-88(93)76-73-70-67-64-61-58-55-52-49-32-29-26-23-20-17-14-11-8-5-2/h7-12,16-21,25-30,33-34,36-37,39-40,49,52,58,61,67,70,84-86,90-91H,4-6,13-15,22-24,31-32,35,38,41-48,50-51,53-57,59-60,62-66,68-69,71-83H2,1-3H3,(H,95,96)(H,97,98)/b10-7-,11-8-,12-9-,19-16-,20-17-,21-18-,28-25-,29-26-,30-27-,34-33-,37-36-,40-39-,52-49-,61-58-,70-67-. The highest BCUT2D eigenvalue weighted by Gasteiger charge is 2.29. The number of aliphatic hydroxyl groups excluding tert-OH is 2. The van der Waals surface area contributed by atoms with Crippen molar-refractivity contribution >= 4 is 33.6 Å². The summed E-state index contributed by atoms with van der Waals surface area (Å²) in [6, 6.07) is 0. The molecule has 5 atom stereocenters. The van der Waals surface area contributed by atoms with Gasteiger partial charge < -0.3 is 34.2 Å². The van der Waals surface area contributed by atoms with Gasteiger partial charge in [-0.25, -0.2) is 9.13 Å². The Kier molecular flexibility index (Phi) is 76.2.